The van der Waals surface area contributed by atoms with E-state index in [9.17, 15) is 14.0 Å². The molecule has 1 aliphatic rings. The summed E-state index contributed by atoms with van der Waals surface area (Å²) in [6.45, 7) is 6.62. The van der Waals surface area contributed by atoms with Crippen molar-refractivity contribution >= 4 is 11.9 Å². The summed E-state index contributed by atoms with van der Waals surface area (Å²) in [5.74, 6) is -0.671. The summed E-state index contributed by atoms with van der Waals surface area (Å²) in [6.07, 6.45) is 2.83. The van der Waals surface area contributed by atoms with Gasteiger partial charge in [-0.2, -0.15) is 0 Å². The van der Waals surface area contributed by atoms with Crippen molar-refractivity contribution in [3.63, 3.8) is 0 Å². The third-order valence-corrected chi connectivity index (χ3v) is 6.27. The summed E-state index contributed by atoms with van der Waals surface area (Å²) in [5.41, 5.74) is 3.50. The fourth-order valence-electron chi connectivity index (χ4n) is 4.53. The fourth-order valence-corrected chi connectivity index (χ4v) is 4.53. The van der Waals surface area contributed by atoms with Crippen molar-refractivity contribution in [1.82, 2.24) is 14.8 Å². The van der Waals surface area contributed by atoms with E-state index in [0.29, 0.717) is 51.6 Å². The molecule has 8 heteroatoms. The van der Waals surface area contributed by atoms with Gasteiger partial charge in [0.25, 0.3) is 5.91 Å². The summed E-state index contributed by atoms with van der Waals surface area (Å²) in [7, 11) is 0. The molecule has 0 N–H and O–H groups in total. The van der Waals surface area contributed by atoms with Crippen molar-refractivity contribution in [3.05, 3.63) is 88.9 Å². The van der Waals surface area contributed by atoms with E-state index in [1.54, 1.807) is 24.0 Å². The Morgan fingerprint density at radius 1 is 1.14 bits per heavy atom. The minimum atomic E-state index is -0.311. The number of esters is 1. The first-order chi connectivity index (χ1) is 17.4. The van der Waals surface area contributed by atoms with Crippen LogP contribution in [0.4, 0.5) is 4.39 Å². The Morgan fingerprint density at radius 2 is 1.92 bits per heavy atom. The number of aromatic nitrogens is 1. The molecule has 1 aliphatic heterocycles. The molecule has 1 aromatic heterocycles. The van der Waals surface area contributed by atoms with Crippen molar-refractivity contribution < 1.29 is 23.1 Å². The Balaban J connectivity index is 1.45. The zero-order valence-electron chi connectivity index (χ0n) is 20.8. The number of benzene rings is 2. The maximum absolute atomic E-state index is 13.4. The zero-order valence-corrected chi connectivity index (χ0v) is 20.8. The second-order valence-corrected chi connectivity index (χ2v) is 9.23. The van der Waals surface area contributed by atoms with Gasteiger partial charge in [0.2, 0.25) is 5.89 Å². The lowest BCUT2D eigenvalue weighted by atomic mass is 9.98. The van der Waals surface area contributed by atoms with E-state index in [1.165, 1.54) is 24.0 Å². The molecule has 4 rings (SSSR count). The number of aryl methyl sites for hydroxylation is 1. The first-order valence-electron chi connectivity index (χ1n) is 12.3. The molecule has 1 fully saturated rings. The number of amides is 1. The summed E-state index contributed by atoms with van der Waals surface area (Å²) in [6, 6.07) is 14.7. The Bertz CT molecular complexity index is 1180. The van der Waals surface area contributed by atoms with Crippen LogP contribution in [0.1, 0.15) is 52.8 Å². The van der Waals surface area contributed by atoms with Gasteiger partial charge in [-0.3, -0.25) is 14.5 Å². The monoisotopic (exact) mass is 493 g/mol. The van der Waals surface area contributed by atoms with Crippen LogP contribution in [-0.4, -0.2) is 46.4 Å². The lowest BCUT2D eigenvalue weighted by Crippen LogP contribution is -2.43. The molecule has 0 radical (unpaired) electrons. The van der Waals surface area contributed by atoms with Gasteiger partial charge >= 0.3 is 5.97 Å². The van der Waals surface area contributed by atoms with E-state index in [4.69, 9.17) is 9.15 Å². The number of hydrogen-bond donors (Lipinski definition) is 0. The van der Waals surface area contributed by atoms with Crippen molar-refractivity contribution in [2.45, 2.75) is 46.3 Å². The van der Waals surface area contributed by atoms with Crippen LogP contribution in [-0.2, 0) is 29.2 Å². The number of carbonyl (C=O) groups excluding carboxylic acids is 2. The minimum absolute atomic E-state index is 0.229. The van der Waals surface area contributed by atoms with E-state index in [2.05, 4.69) is 22.0 Å². The molecule has 0 bridgehead atoms. The SMILES string of the molecule is CCOC(=O)[C@@H]1CCCN(C(=O)c2coc(CN(Cc3ccc(F)cc3)Cc3cccc(C)c3)n2)C1. The predicted octanol–water partition coefficient (Wildman–Crippen LogP) is 4.74. The highest BCUT2D eigenvalue weighted by molar-refractivity contribution is 5.92. The predicted molar refractivity (Wildman–Crippen MR) is 132 cm³/mol. The van der Waals surface area contributed by atoms with Crippen molar-refractivity contribution in [2.75, 3.05) is 19.7 Å². The molecule has 7 nitrogen and oxygen atoms in total. The quantitative estimate of drug-likeness (QED) is 0.401. The molecule has 3 aromatic rings. The van der Waals surface area contributed by atoms with Gasteiger partial charge in [0.05, 0.1) is 19.1 Å². The highest BCUT2D eigenvalue weighted by Crippen LogP contribution is 2.21. The standard InChI is InChI=1S/C28H32FN3O4/c1-3-35-28(34)23-8-5-13-32(17-23)27(33)25-19-36-26(30-25)18-31(15-21-9-11-24(29)12-10-21)16-22-7-4-6-20(2)14-22/h4,6-7,9-12,14,19,23H,3,5,8,13,15-18H2,1-2H3/t23-/m1/s1. The van der Waals surface area contributed by atoms with Crippen LogP contribution in [0.25, 0.3) is 0 Å². The number of nitrogens with zero attached hydrogens (tertiary/aromatic N) is 3. The number of likely N-dealkylation sites (tertiary alicyclic amines) is 1. The third-order valence-electron chi connectivity index (χ3n) is 6.27. The number of piperidine rings is 1. The van der Waals surface area contributed by atoms with Gasteiger partial charge < -0.3 is 14.1 Å². The van der Waals surface area contributed by atoms with Crippen LogP contribution in [0.5, 0.6) is 0 Å². The van der Waals surface area contributed by atoms with Crippen LogP contribution < -0.4 is 0 Å². The summed E-state index contributed by atoms with van der Waals surface area (Å²) < 4.78 is 24.2. The van der Waals surface area contributed by atoms with Crippen LogP contribution >= 0.6 is 0 Å². The lowest BCUT2D eigenvalue weighted by Gasteiger charge is -2.30. The summed E-state index contributed by atoms with van der Waals surface area (Å²) >= 11 is 0. The first kappa shape index (κ1) is 25.6. The zero-order chi connectivity index (χ0) is 25.5. The van der Waals surface area contributed by atoms with E-state index in [0.717, 1.165) is 17.5 Å². The lowest BCUT2D eigenvalue weighted by molar-refractivity contribution is -0.149. The molecule has 0 saturated carbocycles. The number of rotatable bonds is 9. The normalized spacial score (nSPS) is 15.8. The van der Waals surface area contributed by atoms with Crippen LogP contribution in [0.15, 0.2) is 59.2 Å². The second-order valence-electron chi connectivity index (χ2n) is 9.23. The number of hydrogen-bond acceptors (Lipinski definition) is 6. The Morgan fingerprint density at radius 3 is 2.67 bits per heavy atom. The van der Waals surface area contributed by atoms with Crippen molar-refractivity contribution in [2.24, 2.45) is 5.92 Å². The van der Waals surface area contributed by atoms with E-state index in [-0.39, 0.29) is 29.3 Å². The molecular formula is C28H32FN3O4. The Hall–Kier alpha value is -3.52. The molecular weight excluding hydrogens is 461 g/mol. The average molecular weight is 494 g/mol. The third kappa shape index (κ3) is 6.79. The van der Waals surface area contributed by atoms with Gasteiger partial charge in [0.15, 0.2) is 5.69 Å². The van der Waals surface area contributed by atoms with Crippen LogP contribution in [0, 0.1) is 18.7 Å². The maximum Gasteiger partial charge on any atom is 0.310 e. The molecule has 1 saturated heterocycles. The molecule has 2 heterocycles. The van der Waals surface area contributed by atoms with Crippen molar-refractivity contribution in [3.8, 4) is 0 Å². The summed E-state index contributed by atoms with van der Waals surface area (Å²) in [4.78, 5) is 33.5. The van der Waals surface area contributed by atoms with Gasteiger partial charge in [-0.15, -0.1) is 0 Å². The number of oxazole rings is 1. The van der Waals surface area contributed by atoms with Gasteiger partial charge in [-0.1, -0.05) is 42.0 Å². The highest BCUT2D eigenvalue weighted by Gasteiger charge is 2.31. The smallest absolute Gasteiger partial charge is 0.310 e. The average Bonchev–Trinajstić information content (AvgIpc) is 3.33. The molecule has 1 amide bonds. The molecule has 36 heavy (non-hydrogen) atoms. The molecule has 0 spiro atoms. The van der Waals surface area contributed by atoms with Gasteiger partial charge in [-0.05, 0) is 49.9 Å². The Labute approximate surface area is 210 Å². The van der Waals surface area contributed by atoms with Gasteiger partial charge in [-0.25, -0.2) is 9.37 Å². The van der Waals surface area contributed by atoms with E-state index in [1.807, 2.05) is 19.1 Å². The topological polar surface area (TPSA) is 75.9 Å². The largest absolute Gasteiger partial charge is 0.466 e. The molecule has 1 atom stereocenters. The van der Waals surface area contributed by atoms with Gasteiger partial charge in [0, 0.05) is 26.2 Å². The minimum Gasteiger partial charge on any atom is -0.466 e. The second kappa shape index (κ2) is 11.9. The van der Waals surface area contributed by atoms with Gasteiger partial charge in [0.1, 0.15) is 12.1 Å². The highest BCUT2D eigenvalue weighted by atomic mass is 19.1. The number of halogens is 1. The molecule has 2 aromatic carbocycles. The Kier molecular flexibility index (Phi) is 8.48. The van der Waals surface area contributed by atoms with Crippen molar-refractivity contribution in [1.29, 1.82) is 0 Å². The fraction of sp³-hybridized carbons (Fsp3) is 0.393. The van der Waals surface area contributed by atoms with Crippen LogP contribution in [0.2, 0.25) is 0 Å². The maximum atomic E-state index is 13.4. The molecule has 0 unspecified atom stereocenters. The number of ether oxygens (including phenoxy) is 1. The summed E-state index contributed by atoms with van der Waals surface area (Å²) in [5, 5.41) is 0. The first-order valence-corrected chi connectivity index (χ1v) is 12.3. The molecule has 190 valence electrons. The van der Waals surface area contributed by atoms with E-state index < -0.39 is 0 Å². The number of carbonyl (C=O) groups is 2. The van der Waals surface area contributed by atoms with Crippen LogP contribution in [0.3, 0.4) is 0 Å². The molecule has 0 aliphatic carbocycles. The van der Waals surface area contributed by atoms with E-state index >= 15 is 0 Å².